The summed E-state index contributed by atoms with van der Waals surface area (Å²) in [4.78, 5) is 13.0. The van der Waals surface area contributed by atoms with E-state index in [-0.39, 0.29) is 51.4 Å². The number of unbranched alkanes of at least 4 members (excludes halogenated alkanes) is 2. The molecule has 1 N–H and O–H groups in total. The summed E-state index contributed by atoms with van der Waals surface area (Å²) in [6.45, 7) is 17.3. The van der Waals surface area contributed by atoms with Gasteiger partial charge in [0.25, 0.3) is 0 Å². The second kappa shape index (κ2) is 10.2. The van der Waals surface area contributed by atoms with Crippen LogP contribution < -0.4 is 0 Å². The van der Waals surface area contributed by atoms with Crippen molar-refractivity contribution in [3.8, 4) is 0 Å². The molecule has 1 rings (SSSR count). The smallest absolute Gasteiger partial charge is 1.00 e. The van der Waals surface area contributed by atoms with E-state index < -0.39 is 10.7 Å². The number of carboxylic acid groups (broad SMARTS) is 1. The number of carbonyl (C=O) groups is 1. The third-order valence-electron chi connectivity index (χ3n) is 4.69. The molecule has 0 aliphatic carbocycles. The van der Waals surface area contributed by atoms with E-state index in [0.29, 0.717) is 6.42 Å². The van der Waals surface area contributed by atoms with Crippen molar-refractivity contribution in [1.29, 1.82) is 0 Å². The van der Waals surface area contributed by atoms with E-state index in [1.807, 2.05) is 6.92 Å². The number of rotatable bonds is 7. The molecule has 0 aliphatic rings. The summed E-state index contributed by atoms with van der Waals surface area (Å²) in [5.74, 6) is -0.716. The van der Waals surface area contributed by atoms with Gasteiger partial charge in [-0.2, -0.15) is 0 Å². The normalized spacial score (nSPS) is 14.5. The van der Waals surface area contributed by atoms with Crippen LogP contribution in [0.1, 0.15) is 95.1 Å². The Labute approximate surface area is 197 Å². The van der Waals surface area contributed by atoms with Crippen LogP contribution in [0.2, 0.25) is 0 Å². The molecular weight excluding hydrogens is 368 g/mol. The quantitative estimate of drug-likeness (QED) is 0.313. The van der Waals surface area contributed by atoms with Gasteiger partial charge in [0.2, 0.25) is 0 Å². The molecule has 0 amide bonds. The Morgan fingerprint density at radius 2 is 1.42 bits per heavy atom. The molecule has 4 heteroatoms. The molecule has 2 nitrogen and oxygen atoms in total. The van der Waals surface area contributed by atoms with E-state index in [4.69, 9.17) is 0 Å². The van der Waals surface area contributed by atoms with Gasteiger partial charge in [-0.25, -0.2) is 0 Å². The first-order valence-corrected chi connectivity index (χ1v) is 10.2. The minimum atomic E-state index is -0.777. The average molecular weight is 407 g/mol. The number of hydrogen-bond donors (Lipinski definition) is 1. The maximum atomic E-state index is 12.0. The second-order valence-electron chi connectivity index (χ2n) is 9.34. The minimum Gasteiger partial charge on any atom is -1.00 e. The van der Waals surface area contributed by atoms with Crippen molar-refractivity contribution in [2.75, 3.05) is 0 Å². The van der Waals surface area contributed by atoms with Crippen molar-refractivity contribution in [3.05, 3.63) is 29.3 Å². The van der Waals surface area contributed by atoms with E-state index in [1.165, 1.54) is 22.9 Å². The van der Waals surface area contributed by atoms with E-state index >= 15 is 0 Å². The zero-order chi connectivity index (χ0) is 19.5. The predicted octanol–water partition coefficient (Wildman–Crippen LogP) is 6.64. The zero-order valence-corrected chi connectivity index (χ0v) is 21.1. The molecule has 0 fully saturated rings. The van der Waals surface area contributed by atoms with E-state index in [1.54, 1.807) is 0 Å². The number of aliphatic carboxylic acids is 1. The van der Waals surface area contributed by atoms with Gasteiger partial charge in [0.05, 0.1) is 0 Å². The molecule has 1 unspecified atom stereocenters. The Bertz CT molecular complexity index is 577. The second-order valence-corrected chi connectivity index (χ2v) is 10.9. The van der Waals surface area contributed by atoms with Crippen LogP contribution in [0.25, 0.3) is 0 Å². The summed E-state index contributed by atoms with van der Waals surface area (Å²) < 4.78 is -0.777. The summed E-state index contributed by atoms with van der Waals surface area (Å²) in [5, 5.41) is 9.83. The fourth-order valence-corrected chi connectivity index (χ4v) is 3.92. The maximum Gasteiger partial charge on any atom is 2.00 e. The van der Waals surface area contributed by atoms with Gasteiger partial charge in [0.15, 0.2) is 0 Å². The topological polar surface area (TPSA) is 37.3 Å². The van der Waals surface area contributed by atoms with Crippen LogP contribution >= 0.6 is 11.8 Å². The molecular formula is C22H38CaO2S. The molecule has 0 aromatic heterocycles. The molecule has 146 valence electrons. The number of carboxylic acids is 1. The van der Waals surface area contributed by atoms with Crippen molar-refractivity contribution < 1.29 is 12.8 Å². The van der Waals surface area contributed by atoms with Gasteiger partial charge in [0, 0.05) is 4.90 Å². The molecule has 1 atom stereocenters. The monoisotopic (exact) mass is 406 g/mol. The van der Waals surface area contributed by atoms with Crippen molar-refractivity contribution in [2.24, 2.45) is 0 Å². The van der Waals surface area contributed by atoms with Crippen molar-refractivity contribution in [1.82, 2.24) is 0 Å². The number of thioether (sulfide) groups is 1. The number of hydrogen-bond acceptors (Lipinski definition) is 2. The summed E-state index contributed by atoms with van der Waals surface area (Å²) in [5.41, 5.74) is 2.61. The first-order chi connectivity index (χ1) is 11.3. The third-order valence-corrected chi connectivity index (χ3v) is 5.99. The van der Waals surface area contributed by atoms with Crippen LogP contribution in [-0.2, 0) is 15.6 Å². The predicted molar refractivity (Wildman–Crippen MR) is 118 cm³/mol. The molecule has 0 bridgehead atoms. The summed E-state index contributed by atoms with van der Waals surface area (Å²) >= 11 is 1.51. The van der Waals surface area contributed by atoms with Gasteiger partial charge in [-0.05, 0) is 47.4 Å². The first kappa shape index (κ1) is 26.3. The van der Waals surface area contributed by atoms with E-state index in [0.717, 1.165) is 24.2 Å². The van der Waals surface area contributed by atoms with Gasteiger partial charge in [-0.3, -0.25) is 4.79 Å². The molecule has 0 saturated carbocycles. The van der Waals surface area contributed by atoms with E-state index in [2.05, 4.69) is 66.7 Å². The van der Waals surface area contributed by atoms with Crippen LogP contribution in [0.5, 0.6) is 0 Å². The van der Waals surface area contributed by atoms with Crippen LogP contribution in [0.3, 0.4) is 0 Å². The zero-order valence-electron chi connectivity index (χ0n) is 20.0. The molecule has 26 heavy (non-hydrogen) atoms. The van der Waals surface area contributed by atoms with Crippen molar-refractivity contribution in [2.45, 2.75) is 102 Å². The van der Waals surface area contributed by atoms with Crippen LogP contribution in [0.15, 0.2) is 23.1 Å². The van der Waals surface area contributed by atoms with Crippen molar-refractivity contribution in [3.63, 3.8) is 0 Å². The van der Waals surface area contributed by atoms with Crippen LogP contribution in [-0.4, -0.2) is 53.6 Å². The Balaban J connectivity index is -0.00000208. The molecule has 0 saturated heterocycles. The Kier molecular flexibility index (Phi) is 10.3. The van der Waals surface area contributed by atoms with Gasteiger partial charge in [-0.1, -0.05) is 73.8 Å². The maximum absolute atomic E-state index is 12.0. The average Bonchev–Trinajstić information content (AvgIpc) is 2.45. The molecule has 1 aromatic rings. The largest absolute Gasteiger partial charge is 2.00 e. The van der Waals surface area contributed by atoms with E-state index in [9.17, 15) is 9.90 Å². The summed E-state index contributed by atoms with van der Waals surface area (Å²) in [6, 6.07) is 6.64. The molecule has 0 radical (unpaired) electrons. The Morgan fingerprint density at radius 1 is 0.962 bits per heavy atom. The summed E-state index contributed by atoms with van der Waals surface area (Å²) in [7, 11) is 0. The van der Waals surface area contributed by atoms with Crippen molar-refractivity contribution >= 4 is 55.5 Å². The fraction of sp³-hybridized carbons (Fsp3) is 0.682. The Morgan fingerprint density at radius 3 is 1.77 bits per heavy atom. The van der Waals surface area contributed by atoms with Crippen LogP contribution in [0.4, 0.5) is 0 Å². The van der Waals surface area contributed by atoms with Gasteiger partial charge < -0.3 is 7.96 Å². The standard InChI is InChI=1S/C22H36O2S.Ca.2H/c1-9-10-11-12-22(8,19(23)24)25-18-14-16(20(2,3)4)13-17(15-18)21(5,6)7;;;/h13-15H,9-12H2,1-8H3,(H,23,24);;;/q;+2;2*-1. The Hall–Kier alpha value is 0.300. The number of benzene rings is 1. The van der Waals surface area contributed by atoms with Gasteiger partial charge in [0.1, 0.15) is 4.75 Å². The first-order valence-electron chi connectivity index (χ1n) is 9.38. The molecule has 0 aliphatic heterocycles. The molecule has 1 aromatic carbocycles. The SMILES string of the molecule is CCCCCC(C)(Sc1cc(C(C)(C)C)cc(C(C)(C)C)c1)C(=O)O.[Ca+2].[H-].[H-]. The third kappa shape index (κ3) is 7.73. The molecule has 0 spiro atoms. The molecule has 0 heterocycles. The summed E-state index contributed by atoms with van der Waals surface area (Å²) in [6.07, 6.45) is 3.84. The van der Waals surface area contributed by atoms with Crippen LogP contribution in [0, 0.1) is 0 Å². The minimum absolute atomic E-state index is 0. The fourth-order valence-electron chi connectivity index (χ4n) is 2.70. The van der Waals surface area contributed by atoms with Gasteiger partial charge >= 0.3 is 43.7 Å². The van der Waals surface area contributed by atoms with Gasteiger partial charge in [-0.15, -0.1) is 11.8 Å².